The van der Waals surface area contributed by atoms with E-state index >= 15 is 0 Å². The van der Waals surface area contributed by atoms with Crippen LogP contribution in [0.1, 0.15) is 16.7 Å². The molecule has 0 aliphatic heterocycles. The fourth-order valence-corrected chi connectivity index (χ4v) is 2.14. The lowest BCUT2D eigenvalue weighted by Gasteiger charge is -2.12. The molecule has 0 aromatic heterocycles. The van der Waals surface area contributed by atoms with Gasteiger partial charge in [0.05, 0.1) is 27.4 Å². The van der Waals surface area contributed by atoms with Gasteiger partial charge in [-0.05, 0) is 52.7 Å². The third kappa shape index (κ3) is 2.64. The van der Waals surface area contributed by atoms with Gasteiger partial charge in [0.15, 0.2) is 5.82 Å². The zero-order valence-corrected chi connectivity index (χ0v) is 12.1. The van der Waals surface area contributed by atoms with Gasteiger partial charge in [0.1, 0.15) is 6.07 Å². The molecule has 5 heteroatoms. The highest BCUT2D eigenvalue weighted by Crippen LogP contribution is 2.30. The third-order valence-corrected chi connectivity index (χ3v) is 3.61. The summed E-state index contributed by atoms with van der Waals surface area (Å²) in [6, 6.07) is 12.1. The fourth-order valence-electron chi connectivity index (χ4n) is 1.70. The monoisotopic (exact) mass is 329 g/mol. The van der Waals surface area contributed by atoms with Gasteiger partial charge in [-0.25, -0.2) is 4.39 Å². The van der Waals surface area contributed by atoms with Crippen molar-refractivity contribution in [1.29, 1.82) is 10.5 Å². The van der Waals surface area contributed by atoms with Crippen molar-refractivity contribution in [1.82, 2.24) is 0 Å². The van der Waals surface area contributed by atoms with Crippen LogP contribution in [-0.2, 0) is 0 Å². The van der Waals surface area contributed by atoms with Gasteiger partial charge in [0.2, 0.25) is 0 Å². The second-order valence-electron chi connectivity index (χ2n) is 4.17. The van der Waals surface area contributed by atoms with Gasteiger partial charge in [-0.3, -0.25) is 0 Å². The van der Waals surface area contributed by atoms with Crippen molar-refractivity contribution < 1.29 is 4.39 Å². The van der Waals surface area contributed by atoms with E-state index in [9.17, 15) is 4.39 Å². The standard InChI is InChI=1S/C15H9BrFN3/c1-9-2-3-10(7-18)6-13(9)20-12-5-4-11(8-19)14(16)15(12)17/h2-6,20H,1H3. The number of halogens is 2. The van der Waals surface area contributed by atoms with Crippen LogP contribution in [0.4, 0.5) is 15.8 Å². The highest BCUT2D eigenvalue weighted by Gasteiger charge is 2.12. The average Bonchev–Trinajstić information content (AvgIpc) is 2.46. The SMILES string of the molecule is Cc1ccc(C#N)cc1Nc1ccc(C#N)c(Br)c1F. The molecule has 0 fully saturated rings. The Morgan fingerprint density at radius 2 is 1.85 bits per heavy atom. The molecule has 0 saturated carbocycles. The number of aryl methyl sites for hydroxylation is 1. The van der Waals surface area contributed by atoms with Gasteiger partial charge in [0, 0.05) is 5.69 Å². The molecular weight excluding hydrogens is 321 g/mol. The second-order valence-corrected chi connectivity index (χ2v) is 4.96. The molecule has 2 aromatic rings. The van der Waals surface area contributed by atoms with E-state index in [-0.39, 0.29) is 15.7 Å². The minimum atomic E-state index is -0.536. The van der Waals surface area contributed by atoms with Crippen LogP contribution in [0.15, 0.2) is 34.8 Å². The Bertz CT molecular complexity index is 757. The molecule has 3 nitrogen and oxygen atoms in total. The molecule has 98 valence electrons. The minimum Gasteiger partial charge on any atom is -0.353 e. The summed E-state index contributed by atoms with van der Waals surface area (Å²) in [7, 11) is 0. The zero-order chi connectivity index (χ0) is 14.7. The highest BCUT2D eigenvalue weighted by molar-refractivity contribution is 9.10. The Balaban J connectivity index is 2.44. The maximum atomic E-state index is 14.1. The quantitative estimate of drug-likeness (QED) is 0.889. The van der Waals surface area contributed by atoms with Crippen molar-refractivity contribution in [3.63, 3.8) is 0 Å². The summed E-state index contributed by atoms with van der Waals surface area (Å²) in [6.07, 6.45) is 0. The smallest absolute Gasteiger partial charge is 0.162 e. The molecule has 0 aliphatic carbocycles. The van der Waals surface area contributed by atoms with E-state index < -0.39 is 5.82 Å². The van der Waals surface area contributed by atoms with E-state index in [1.165, 1.54) is 12.1 Å². The number of nitrogens with zero attached hydrogens (tertiary/aromatic N) is 2. The van der Waals surface area contributed by atoms with Crippen molar-refractivity contribution >= 4 is 27.3 Å². The molecule has 2 rings (SSSR count). The van der Waals surface area contributed by atoms with Gasteiger partial charge in [-0.2, -0.15) is 10.5 Å². The largest absolute Gasteiger partial charge is 0.353 e. The summed E-state index contributed by atoms with van der Waals surface area (Å²) in [5.41, 5.74) is 2.51. The normalized spacial score (nSPS) is 9.65. The first-order chi connectivity index (χ1) is 9.56. The van der Waals surface area contributed by atoms with Crippen molar-refractivity contribution in [3.05, 3.63) is 57.3 Å². The van der Waals surface area contributed by atoms with Crippen molar-refractivity contribution in [2.24, 2.45) is 0 Å². The molecule has 20 heavy (non-hydrogen) atoms. The lowest BCUT2D eigenvalue weighted by Crippen LogP contribution is -1.98. The molecular formula is C15H9BrFN3. The Morgan fingerprint density at radius 1 is 1.10 bits per heavy atom. The zero-order valence-electron chi connectivity index (χ0n) is 10.5. The Hall–Kier alpha value is -2.37. The Morgan fingerprint density at radius 3 is 2.50 bits per heavy atom. The number of nitriles is 2. The molecule has 0 radical (unpaired) electrons. The summed E-state index contributed by atoms with van der Waals surface area (Å²) < 4.78 is 14.2. The van der Waals surface area contributed by atoms with Gasteiger partial charge >= 0.3 is 0 Å². The maximum absolute atomic E-state index is 14.1. The van der Waals surface area contributed by atoms with Crippen LogP contribution in [0.5, 0.6) is 0 Å². The molecule has 0 spiro atoms. The van der Waals surface area contributed by atoms with Gasteiger partial charge in [-0.15, -0.1) is 0 Å². The molecule has 0 unspecified atom stereocenters. The Labute approximate surface area is 124 Å². The number of rotatable bonds is 2. The molecule has 2 aromatic carbocycles. The maximum Gasteiger partial charge on any atom is 0.162 e. The first kappa shape index (κ1) is 14.0. The predicted octanol–water partition coefficient (Wildman–Crippen LogP) is 4.38. The fraction of sp³-hybridized carbons (Fsp3) is 0.0667. The molecule has 0 amide bonds. The van der Waals surface area contributed by atoms with E-state index in [2.05, 4.69) is 21.2 Å². The van der Waals surface area contributed by atoms with E-state index in [1.807, 2.05) is 19.1 Å². The molecule has 0 bridgehead atoms. The van der Waals surface area contributed by atoms with Gasteiger partial charge < -0.3 is 5.32 Å². The first-order valence-electron chi connectivity index (χ1n) is 5.72. The van der Waals surface area contributed by atoms with Crippen molar-refractivity contribution in [3.8, 4) is 12.1 Å². The summed E-state index contributed by atoms with van der Waals surface area (Å²) in [5, 5.41) is 20.7. The van der Waals surface area contributed by atoms with Crippen LogP contribution in [0.25, 0.3) is 0 Å². The number of nitrogens with one attached hydrogen (secondary N) is 1. The molecule has 0 saturated heterocycles. The molecule has 0 aliphatic rings. The van der Waals surface area contributed by atoms with Crippen LogP contribution in [0, 0.1) is 35.4 Å². The highest BCUT2D eigenvalue weighted by atomic mass is 79.9. The number of anilines is 2. The van der Waals surface area contributed by atoms with E-state index in [0.717, 1.165) is 5.56 Å². The predicted molar refractivity (Wildman–Crippen MR) is 78.0 cm³/mol. The summed E-state index contributed by atoms with van der Waals surface area (Å²) in [4.78, 5) is 0. The number of hydrogen-bond acceptors (Lipinski definition) is 3. The summed E-state index contributed by atoms with van der Waals surface area (Å²) >= 11 is 3.06. The van der Waals surface area contributed by atoms with E-state index in [4.69, 9.17) is 10.5 Å². The van der Waals surface area contributed by atoms with Crippen LogP contribution in [0.3, 0.4) is 0 Å². The average molecular weight is 330 g/mol. The first-order valence-corrected chi connectivity index (χ1v) is 6.52. The molecule has 0 atom stereocenters. The van der Waals surface area contributed by atoms with Crippen LogP contribution in [-0.4, -0.2) is 0 Å². The van der Waals surface area contributed by atoms with Gasteiger partial charge in [-0.1, -0.05) is 6.07 Å². The van der Waals surface area contributed by atoms with Crippen molar-refractivity contribution in [2.75, 3.05) is 5.32 Å². The Kier molecular flexibility index (Phi) is 4.02. The minimum absolute atomic E-state index is 0.124. The van der Waals surface area contributed by atoms with Crippen molar-refractivity contribution in [2.45, 2.75) is 6.92 Å². The van der Waals surface area contributed by atoms with Gasteiger partial charge in [0.25, 0.3) is 0 Å². The number of hydrogen-bond donors (Lipinski definition) is 1. The van der Waals surface area contributed by atoms with Crippen LogP contribution in [0.2, 0.25) is 0 Å². The molecule has 1 N–H and O–H groups in total. The lowest BCUT2D eigenvalue weighted by molar-refractivity contribution is 0.624. The second kappa shape index (κ2) is 5.73. The summed E-state index contributed by atoms with van der Waals surface area (Å²) in [6.45, 7) is 1.86. The number of benzene rings is 2. The topological polar surface area (TPSA) is 59.6 Å². The third-order valence-electron chi connectivity index (χ3n) is 2.84. The van der Waals surface area contributed by atoms with Crippen LogP contribution >= 0.6 is 15.9 Å². The van der Waals surface area contributed by atoms with E-state index in [1.54, 1.807) is 18.2 Å². The lowest BCUT2D eigenvalue weighted by atomic mass is 10.1. The van der Waals surface area contributed by atoms with Crippen LogP contribution < -0.4 is 5.32 Å². The molecule has 0 heterocycles. The summed E-state index contributed by atoms with van der Waals surface area (Å²) in [5.74, 6) is -0.536. The van der Waals surface area contributed by atoms with E-state index in [0.29, 0.717) is 11.3 Å².